The number of nitrogens with zero attached hydrogens (tertiary/aromatic N) is 1. The fourth-order valence-electron chi connectivity index (χ4n) is 2.08. The lowest BCUT2D eigenvalue weighted by Crippen LogP contribution is -1.98. The molecule has 0 N–H and O–H groups in total. The van der Waals surface area contributed by atoms with Crippen LogP contribution in [0.5, 0.6) is 5.75 Å². The van der Waals surface area contributed by atoms with Crippen molar-refractivity contribution < 1.29 is 4.74 Å². The Morgan fingerprint density at radius 3 is 2.55 bits per heavy atom. The van der Waals surface area contributed by atoms with Gasteiger partial charge in [0.25, 0.3) is 0 Å². The molecule has 0 saturated carbocycles. The lowest BCUT2D eigenvalue weighted by molar-refractivity contribution is 0.358. The predicted octanol–water partition coefficient (Wildman–Crippen LogP) is 4.33. The van der Waals surface area contributed by atoms with E-state index in [2.05, 4.69) is 23.2 Å². The number of aromatic nitrogens is 1. The van der Waals surface area contributed by atoms with E-state index in [4.69, 9.17) is 4.74 Å². The van der Waals surface area contributed by atoms with Crippen molar-refractivity contribution in [3.05, 3.63) is 78.5 Å². The van der Waals surface area contributed by atoms with Crippen molar-refractivity contribution in [2.24, 2.45) is 0 Å². The third-order valence-electron chi connectivity index (χ3n) is 3.06. The van der Waals surface area contributed by atoms with E-state index >= 15 is 0 Å². The molecule has 4 rings (SSSR count). The molecule has 2 heteroatoms. The van der Waals surface area contributed by atoms with Crippen LogP contribution in [0.25, 0.3) is 17.0 Å². The number of pyridine rings is 1. The zero-order valence-electron chi connectivity index (χ0n) is 11.1. The van der Waals surface area contributed by atoms with E-state index in [0.717, 1.165) is 11.3 Å². The SMILES string of the molecule is C1=Cc2ccccc2OC1.c1ccc2ncccc2c1. The fourth-order valence-corrected chi connectivity index (χ4v) is 2.08. The first-order chi connectivity index (χ1) is 9.93. The summed E-state index contributed by atoms with van der Waals surface area (Å²) in [5.41, 5.74) is 2.23. The van der Waals surface area contributed by atoms with Gasteiger partial charge in [-0.2, -0.15) is 0 Å². The van der Waals surface area contributed by atoms with Crippen LogP contribution < -0.4 is 4.74 Å². The van der Waals surface area contributed by atoms with Crippen molar-refractivity contribution in [1.82, 2.24) is 4.98 Å². The third kappa shape index (κ3) is 2.86. The molecule has 0 spiro atoms. The summed E-state index contributed by atoms with van der Waals surface area (Å²) in [5.74, 6) is 0.991. The van der Waals surface area contributed by atoms with Gasteiger partial charge >= 0.3 is 0 Å². The zero-order chi connectivity index (χ0) is 13.6. The molecule has 0 unspecified atom stereocenters. The van der Waals surface area contributed by atoms with Crippen LogP contribution in [0.1, 0.15) is 5.56 Å². The summed E-state index contributed by atoms with van der Waals surface area (Å²) in [6.45, 7) is 0.705. The van der Waals surface area contributed by atoms with Gasteiger partial charge in [-0.3, -0.25) is 4.98 Å². The maximum absolute atomic E-state index is 5.34. The van der Waals surface area contributed by atoms with Crippen molar-refractivity contribution in [2.45, 2.75) is 0 Å². The van der Waals surface area contributed by atoms with Crippen molar-refractivity contribution in [1.29, 1.82) is 0 Å². The summed E-state index contributed by atoms with van der Waals surface area (Å²) in [7, 11) is 0. The van der Waals surface area contributed by atoms with Crippen LogP contribution in [0.4, 0.5) is 0 Å². The van der Waals surface area contributed by atoms with Gasteiger partial charge in [0.05, 0.1) is 5.52 Å². The molecule has 1 aliphatic heterocycles. The number of hydrogen-bond acceptors (Lipinski definition) is 2. The first-order valence-electron chi connectivity index (χ1n) is 6.61. The van der Waals surface area contributed by atoms with Crippen molar-refractivity contribution >= 4 is 17.0 Å². The van der Waals surface area contributed by atoms with Crippen molar-refractivity contribution in [3.63, 3.8) is 0 Å². The van der Waals surface area contributed by atoms with E-state index in [1.54, 1.807) is 0 Å². The molecule has 3 aromatic rings. The fraction of sp³-hybridized carbons (Fsp3) is 0.0556. The Kier molecular flexibility index (Phi) is 3.74. The zero-order valence-corrected chi connectivity index (χ0v) is 11.1. The molecular formula is C18H15NO. The van der Waals surface area contributed by atoms with Crippen LogP contribution in [-0.2, 0) is 0 Å². The van der Waals surface area contributed by atoms with Gasteiger partial charge in [-0.25, -0.2) is 0 Å². The molecule has 20 heavy (non-hydrogen) atoms. The normalized spacial score (nSPS) is 12.0. The van der Waals surface area contributed by atoms with Gasteiger partial charge in [0.2, 0.25) is 0 Å². The van der Waals surface area contributed by atoms with Gasteiger partial charge in [0.15, 0.2) is 0 Å². The molecule has 0 saturated heterocycles. The highest BCUT2D eigenvalue weighted by Crippen LogP contribution is 2.21. The molecule has 2 nitrogen and oxygen atoms in total. The summed E-state index contributed by atoms with van der Waals surface area (Å²) in [4.78, 5) is 4.18. The standard InChI is InChI=1S/C9H7N.C9H8O/c2*1-2-6-9-8(4-1)5-3-7-10-9/h1-7H;1-6H,7H2. The molecule has 1 aliphatic rings. The quantitative estimate of drug-likeness (QED) is 0.601. The van der Waals surface area contributed by atoms with Crippen LogP contribution >= 0.6 is 0 Å². The molecular weight excluding hydrogens is 246 g/mol. The molecule has 1 aromatic heterocycles. The predicted molar refractivity (Wildman–Crippen MR) is 82.7 cm³/mol. The highest BCUT2D eigenvalue weighted by molar-refractivity contribution is 5.77. The summed E-state index contributed by atoms with van der Waals surface area (Å²) < 4.78 is 5.34. The minimum absolute atomic E-state index is 0.705. The maximum atomic E-state index is 5.34. The molecule has 0 aliphatic carbocycles. The second-order valence-electron chi connectivity index (χ2n) is 4.45. The van der Waals surface area contributed by atoms with Gasteiger partial charge < -0.3 is 4.74 Å². The largest absolute Gasteiger partial charge is 0.489 e. The minimum Gasteiger partial charge on any atom is -0.489 e. The lowest BCUT2D eigenvalue weighted by Gasteiger charge is -2.10. The first kappa shape index (κ1) is 12.4. The minimum atomic E-state index is 0.705. The van der Waals surface area contributed by atoms with E-state index in [0.29, 0.717) is 6.61 Å². The number of rotatable bonds is 0. The number of hydrogen-bond donors (Lipinski definition) is 0. The number of para-hydroxylation sites is 2. The second kappa shape index (κ2) is 6.02. The number of fused-ring (bicyclic) bond motifs is 2. The first-order valence-corrected chi connectivity index (χ1v) is 6.61. The lowest BCUT2D eigenvalue weighted by atomic mass is 10.1. The van der Waals surface area contributed by atoms with Crippen molar-refractivity contribution in [2.75, 3.05) is 6.61 Å². The van der Waals surface area contributed by atoms with Gasteiger partial charge in [0.1, 0.15) is 12.4 Å². The Bertz CT molecular complexity index is 669. The Labute approximate surface area is 118 Å². The van der Waals surface area contributed by atoms with Crippen LogP contribution in [-0.4, -0.2) is 11.6 Å². The Morgan fingerprint density at radius 1 is 0.850 bits per heavy atom. The Balaban J connectivity index is 0.000000121. The molecule has 0 atom stereocenters. The summed E-state index contributed by atoms with van der Waals surface area (Å²) in [6.07, 6.45) is 5.91. The summed E-state index contributed by atoms with van der Waals surface area (Å²) in [5, 5.41) is 1.20. The maximum Gasteiger partial charge on any atom is 0.126 e. The topological polar surface area (TPSA) is 22.1 Å². The molecule has 0 fully saturated rings. The third-order valence-corrected chi connectivity index (χ3v) is 3.06. The van der Waals surface area contributed by atoms with Gasteiger partial charge in [-0.05, 0) is 24.3 Å². The highest BCUT2D eigenvalue weighted by Gasteiger charge is 2.01. The van der Waals surface area contributed by atoms with E-state index in [1.165, 1.54) is 10.9 Å². The summed E-state index contributed by atoms with van der Waals surface area (Å²) >= 11 is 0. The molecule has 2 heterocycles. The summed E-state index contributed by atoms with van der Waals surface area (Å²) in [6, 6.07) is 20.1. The monoisotopic (exact) mass is 261 g/mol. The van der Waals surface area contributed by atoms with E-state index in [1.807, 2.05) is 60.8 Å². The Morgan fingerprint density at radius 2 is 1.65 bits per heavy atom. The molecule has 98 valence electrons. The number of ether oxygens (including phenoxy) is 1. The van der Waals surface area contributed by atoms with Crippen LogP contribution in [0, 0.1) is 0 Å². The van der Waals surface area contributed by atoms with E-state index in [-0.39, 0.29) is 0 Å². The van der Waals surface area contributed by atoms with E-state index in [9.17, 15) is 0 Å². The van der Waals surface area contributed by atoms with Crippen LogP contribution in [0.3, 0.4) is 0 Å². The average Bonchev–Trinajstić information content (AvgIpc) is 2.56. The molecule has 2 aromatic carbocycles. The smallest absolute Gasteiger partial charge is 0.126 e. The van der Waals surface area contributed by atoms with Gasteiger partial charge in [-0.15, -0.1) is 0 Å². The van der Waals surface area contributed by atoms with Crippen molar-refractivity contribution in [3.8, 4) is 5.75 Å². The van der Waals surface area contributed by atoms with Crippen LogP contribution in [0.15, 0.2) is 72.9 Å². The number of benzene rings is 2. The van der Waals surface area contributed by atoms with Crippen LogP contribution in [0.2, 0.25) is 0 Å². The second-order valence-corrected chi connectivity index (χ2v) is 4.45. The highest BCUT2D eigenvalue weighted by atomic mass is 16.5. The van der Waals surface area contributed by atoms with Gasteiger partial charge in [-0.1, -0.05) is 48.5 Å². The molecule has 0 radical (unpaired) electrons. The molecule has 0 amide bonds. The Hall–Kier alpha value is -2.61. The average molecular weight is 261 g/mol. The molecule has 0 bridgehead atoms. The van der Waals surface area contributed by atoms with E-state index < -0.39 is 0 Å². The van der Waals surface area contributed by atoms with Gasteiger partial charge in [0, 0.05) is 17.1 Å².